The van der Waals surface area contributed by atoms with E-state index in [0.29, 0.717) is 21.3 Å². The van der Waals surface area contributed by atoms with Crippen molar-refractivity contribution in [3.05, 3.63) is 57.4 Å². The van der Waals surface area contributed by atoms with E-state index in [-0.39, 0.29) is 5.91 Å². The first-order valence-electron chi connectivity index (χ1n) is 7.92. The van der Waals surface area contributed by atoms with Gasteiger partial charge in [0.05, 0.1) is 5.36 Å². The van der Waals surface area contributed by atoms with Crippen LogP contribution in [0.2, 0.25) is 0 Å². The summed E-state index contributed by atoms with van der Waals surface area (Å²) in [5.41, 5.74) is 0.490. The quantitative estimate of drug-likeness (QED) is 0.829. The summed E-state index contributed by atoms with van der Waals surface area (Å²) < 4.78 is 6.31. The fraction of sp³-hybridized carbons (Fsp3) is 0.235. The fourth-order valence-electron chi connectivity index (χ4n) is 2.74. The van der Waals surface area contributed by atoms with Crippen LogP contribution in [0.4, 0.5) is 0 Å². The molecule has 8 heteroatoms. The minimum absolute atomic E-state index is 0.174. The number of nitrogens with zero attached hydrogens (tertiary/aromatic N) is 3. The van der Waals surface area contributed by atoms with Gasteiger partial charge in [-0.3, -0.25) is 10.1 Å². The van der Waals surface area contributed by atoms with Crippen molar-refractivity contribution in [2.75, 3.05) is 5.75 Å². The summed E-state index contributed by atoms with van der Waals surface area (Å²) in [7, 11) is 0. The summed E-state index contributed by atoms with van der Waals surface area (Å²) in [6.45, 7) is 2.09. The molecule has 1 amide bonds. The number of rotatable bonds is 3. The number of para-hydroxylation sites is 1. The minimum atomic E-state index is -0.514. The average molecular weight is 419 g/mol. The molecule has 0 aliphatic carbocycles. The molecule has 0 saturated heterocycles. The largest absolute Gasteiger partial charge is 0.450 e. The molecule has 1 N–H and O–H groups in total. The number of benzene rings is 1. The maximum Gasteiger partial charge on any atom is 0.276 e. The van der Waals surface area contributed by atoms with Crippen molar-refractivity contribution in [3.63, 3.8) is 0 Å². The Morgan fingerprint density at radius 1 is 1.32 bits per heavy atom. The monoisotopic (exact) mass is 418 g/mol. The van der Waals surface area contributed by atoms with E-state index in [9.17, 15) is 4.79 Å². The lowest BCUT2D eigenvalue weighted by atomic mass is 10.1. The molecule has 0 unspecified atom stereocenters. The lowest BCUT2D eigenvalue weighted by Gasteiger charge is -2.32. The second kappa shape index (κ2) is 6.68. The van der Waals surface area contributed by atoms with Gasteiger partial charge in [-0.15, -0.1) is 5.10 Å². The molecular weight excluding hydrogens is 404 g/mol. The number of thioether (sulfide) groups is 1. The first kappa shape index (κ1) is 16.4. The second-order valence-electron chi connectivity index (χ2n) is 5.56. The molecule has 3 heterocycles. The van der Waals surface area contributed by atoms with Crippen LogP contribution in [-0.2, 0) is 4.79 Å². The molecule has 128 valence electrons. The lowest BCUT2D eigenvalue weighted by Crippen LogP contribution is -2.50. The summed E-state index contributed by atoms with van der Waals surface area (Å²) in [4.78, 5) is 17.5. The molecule has 2 aliphatic rings. The highest BCUT2D eigenvalue weighted by Gasteiger charge is 2.35. The Hall–Kier alpha value is -2.06. The van der Waals surface area contributed by atoms with E-state index in [1.807, 2.05) is 36.4 Å². The van der Waals surface area contributed by atoms with Crippen LogP contribution in [0, 0.1) is 0 Å². The topological polar surface area (TPSA) is 70.2 Å². The van der Waals surface area contributed by atoms with E-state index >= 15 is 0 Å². The normalized spacial score (nSPS) is 18.9. The van der Waals surface area contributed by atoms with Gasteiger partial charge in [-0.05, 0) is 40.5 Å². The predicted octanol–water partition coefficient (Wildman–Crippen LogP) is 2.33. The molecule has 1 aromatic carbocycles. The van der Waals surface area contributed by atoms with Crippen LogP contribution in [0.3, 0.4) is 0 Å². The zero-order valence-electron chi connectivity index (χ0n) is 13.4. The smallest absolute Gasteiger partial charge is 0.276 e. The third kappa shape index (κ3) is 3.00. The number of fused-ring (bicyclic) bond motifs is 2. The molecule has 6 nitrogen and oxygen atoms in total. The van der Waals surface area contributed by atoms with Crippen LogP contribution in [-0.4, -0.2) is 21.8 Å². The Morgan fingerprint density at radius 2 is 2.16 bits per heavy atom. The summed E-state index contributed by atoms with van der Waals surface area (Å²) >= 11 is 4.85. The first-order valence-corrected chi connectivity index (χ1v) is 9.69. The molecule has 0 radical (unpaired) electrons. The van der Waals surface area contributed by atoms with Crippen molar-refractivity contribution in [1.29, 1.82) is 0 Å². The number of halogens is 1. The van der Waals surface area contributed by atoms with Crippen LogP contribution in [0.5, 0.6) is 0 Å². The lowest BCUT2D eigenvalue weighted by molar-refractivity contribution is -0.116. The van der Waals surface area contributed by atoms with Gasteiger partial charge in [-0.1, -0.05) is 36.9 Å². The van der Waals surface area contributed by atoms with E-state index in [2.05, 4.69) is 33.3 Å². The van der Waals surface area contributed by atoms with Gasteiger partial charge in [0, 0.05) is 11.0 Å². The fourth-order valence-corrected chi connectivity index (χ4v) is 3.77. The first-order chi connectivity index (χ1) is 12.2. The summed E-state index contributed by atoms with van der Waals surface area (Å²) in [5, 5.41) is 11.3. The van der Waals surface area contributed by atoms with Crippen LogP contribution >= 0.6 is 27.7 Å². The molecule has 0 spiro atoms. The second-order valence-corrected chi connectivity index (χ2v) is 7.43. The Kier molecular flexibility index (Phi) is 4.39. The molecular formula is C17H15BrN4O2S. The Labute approximate surface area is 156 Å². The van der Waals surface area contributed by atoms with Crippen LogP contribution in [0.25, 0.3) is 5.70 Å². The van der Waals surface area contributed by atoms with Crippen molar-refractivity contribution >= 4 is 44.5 Å². The van der Waals surface area contributed by atoms with Gasteiger partial charge in [-0.2, -0.15) is 0 Å². The highest BCUT2D eigenvalue weighted by atomic mass is 79.9. The van der Waals surface area contributed by atoms with Gasteiger partial charge in [0.15, 0.2) is 15.6 Å². The van der Waals surface area contributed by atoms with Gasteiger partial charge in [0.1, 0.15) is 5.70 Å². The van der Waals surface area contributed by atoms with E-state index < -0.39 is 6.17 Å². The van der Waals surface area contributed by atoms with E-state index in [0.717, 1.165) is 22.7 Å². The molecule has 1 aromatic heterocycles. The van der Waals surface area contributed by atoms with Crippen molar-refractivity contribution in [2.24, 2.45) is 10.1 Å². The third-order valence-electron chi connectivity index (χ3n) is 3.81. The van der Waals surface area contributed by atoms with Crippen molar-refractivity contribution in [1.82, 2.24) is 10.3 Å². The van der Waals surface area contributed by atoms with E-state index in [1.54, 1.807) is 5.01 Å². The highest BCUT2D eigenvalue weighted by molar-refractivity contribution is 9.10. The van der Waals surface area contributed by atoms with Gasteiger partial charge in [0.25, 0.3) is 5.91 Å². The maximum atomic E-state index is 12.8. The number of carbonyl (C=O) groups is 1. The Bertz CT molecular complexity index is 985. The molecule has 0 fully saturated rings. The van der Waals surface area contributed by atoms with Crippen molar-refractivity contribution < 1.29 is 9.21 Å². The van der Waals surface area contributed by atoms with Crippen molar-refractivity contribution in [3.8, 4) is 0 Å². The number of amidine groups is 1. The predicted molar refractivity (Wildman–Crippen MR) is 99.9 cm³/mol. The number of amides is 1. The summed E-state index contributed by atoms with van der Waals surface area (Å²) in [5.74, 6) is 1.33. The van der Waals surface area contributed by atoms with Crippen LogP contribution < -0.4 is 15.9 Å². The highest BCUT2D eigenvalue weighted by Crippen LogP contribution is 2.32. The van der Waals surface area contributed by atoms with E-state index in [1.165, 1.54) is 11.8 Å². The van der Waals surface area contributed by atoms with Crippen LogP contribution in [0.15, 0.2) is 55.6 Å². The number of hydrogen-bond acceptors (Lipinski definition) is 6. The summed E-state index contributed by atoms with van der Waals surface area (Å²) in [6, 6.07) is 11.2. The Balaban J connectivity index is 1.89. The minimum Gasteiger partial charge on any atom is -0.450 e. The number of hydrazone groups is 1. The van der Waals surface area contributed by atoms with E-state index in [4.69, 9.17) is 9.41 Å². The number of carbonyl (C=O) groups excluding carboxylic acids is 1. The van der Waals surface area contributed by atoms with Gasteiger partial charge < -0.3 is 4.42 Å². The van der Waals surface area contributed by atoms with Crippen molar-refractivity contribution in [2.45, 2.75) is 19.5 Å². The zero-order chi connectivity index (χ0) is 17.4. The Morgan fingerprint density at radius 3 is 2.92 bits per heavy atom. The standard InChI is InChI=1S/C17H15BrN4O2S/c1-2-9-25-17-20-16(23)14-10-5-3-4-6-11(10)19-15(22(14)21-17)12-7-8-13(18)24-12/h3-8,15H,2,9H2,1H3,(H,20,21,23)/t15-/m0/s1. The third-order valence-corrected chi connectivity index (χ3v) is 5.30. The van der Waals surface area contributed by atoms with Gasteiger partial charge in [-0.25, -0.2) is 10.0 Å². The molecule has 0 bridgehead atoms. The average Bonchev–Trinajstić information content (AvgIpc) is 3.05. The maximum absolute atomic E-state index is 12.8. The van der Waals surface area contributed by atoms with Gasteiger partial charge >= 0.3 is 0 Å². The number of nitrogens with one attached hydrogen (secondary N) is 1. The summed E-state index contributed by atoms with van der Waals surface area (Å²) in [6.07, 6.45) is 0.484. The number of hydrogen-bond donors (Lipinski definition) is 1. The molecule has 4 rings (SSSR count). The molecule has 2 aliphatic heterocycles. The number of furan rings is 1. The zero-order valence-corrected chi connectivity index (χ0v) is 15.8. The molecule has 1 atom stereocenters. The SMILES string of the molecule is CCCSC1=NN2C(=c3ccccc3=N[C@@H]2c2ccc(Br)o2)C(=O)N1. The van der Waals surface area contributed by atoms with Crippen LogP contribution in [0.1, 0.15) is 25.3 Å². The molecule has 0 saturated carbocycles. The van der Waals surface area contributed by atoms with Gasteiger partial charge in [0.2, 0.25) is 6.17 Å². The molecule has 25 heavy (non-hydrogen) atoms. The molecule has 2 aromatic rings.